The van der Waals surface area contributed by atoms with E-state index in [2.05, 4.69) is 5.32 Å². The van der Waals surface area contributed by atoms with Gasteiger partial charge in [-0.1, -0.05) is 6.92 Å². The molecular formula is C21H20F3N3O4. The van der Waals surface area contributed by atoms with Gasteiger partial charge in [0, 0.05) is 43.5 Å². The molecule has 7 nitrogen and oxygen atoms in total. The summed E-state index contributed by atoms with van der Waals surface area (Å²) in [5, 5.41) is 12.7. The van der Waals surface area contributed by atoms with Crippen LogP contribution >= 0.6 is 0 Å². The van der Waals surface area contributed by atoms with Gasteiger partial charge in [0.25, 0.3) is 11.8 Å². The molecule has 2 amide bonds. The van der Waals surface area contributed by atoms with E-state index in [0.717, 1.165) is 12.8 Å². The Bertz CT molecular complexity index is 1120. The SMILES string of the molecule is CC1CCCN2CC1n1cc(C(=O)NCc3c(F)cc(F)cc3F)c(=O)c(O)c1C2=O. The van der Waals surface area contributed by atoms with Crippen LogP contribution in [0.2, 0.25) is 0 Å². The first-order valence-electron chi connectivity index (χ1n) is 9.88. The molecule has 2 unspecified atom stereocenters. The molecule has 2 bridgehead atoms. The fraction of sp³-hybridized carbons (Fsp3) is 0.381. The van der Waals surface area contributed by atoms with Gasteiger partial charge in [0.2, 0.25) is 5.43 Å². The third-order valence-electron chi connectivity index (χ3n) is 5.99. The number of halogens is 3. The first-order chi connectivity index (χ1) is 14.7. The van der Waals surface area contributed by atoms with E-state index in [9.17, 15) is 32.7 Å². The molecule has 0 spiro atoms. The van der Waals surface area contributed by atoms with Crippen molar-refractivity contribution >= 4 is 11.8 Å². The summed E-state index contributed by atoms with van der Waals surface area (Å²) >= 11 is 0. The first-order valence-corrected chi connectivity index (χ1v) is 9.88. The average molecular weight is 435 g/mol. The molecule has 0 aliphatic carbocycles. The van der Waals surface area contributed by atoms with Crippen molar-refractivity contribution in [1.29, 1.82) is 0 Å². The van der Waals surface area contributed by atoms with Crippen LogP contribution in [0.25, 0.3) is 0 Å². The molecule has 2 N–H and O–H groups in total. The molecule has 4 rings (SSSR count). The van der Waals surface area contributed by atoms with Crippen LogP contribution < -0.4 is 10.7 Å². The Morgan fingerprint density at radius 2 is 1.90 bits per heavy atom. The number of hydrogen-bond donors (Lipinski definition) is 2. The van der Waals surface area contributed by atoms with E-state index in [-0.39, 0.29) is 17.7 Å². The van der Waals surface area contributed by atoms with E-state index in [1.807, 2.05) is 6.92 Å². The summed E-state index contributed by atoms with van der Waals surface area (Å²) < 4.78 is 42.1. The van der Waals surface area contributed by atoms with E-state index in [1.54, 1.807) is 4.90 Å². The number of aromatic hydroxyl groups is 1. The summed E-state index contributed by atoms with van der Waals surface area (Å²) in [5.74, 6) is -5.63. The van der Waals surface area contributed by atoms with E-state index in [1.165, 1.54) is 10.8 Å². The van der Waals surface area contributed by atoms with Crippen LogP contribution in [0.5, 0.6) is 5.75 Å². The fourth-order valence-electron chi connectivity index (χ4n) is 4.25. The van der Waals surface area contributed by atoms with Crippen LogP contribution in [-0.2, 0) is 6.54 Å². The lowest BCUT2D eigenvalue weighted by Crippen LogP contribution is -2.45. The highest BCUT2D eigenvalue weighted by atomic mass is 19.1. The number of benzene rings is 1. The topological polar surface area (TPSA) is 91.6 Å². The van der Waals surface area contributed by atoms with Crippen LogP contribution in [-0.4, -0.2) is 39.5 Å². The van der Waals surface area contributed by atoms with Crippen LogP contribution in [0.15, 0.2) is 23.1 Å². The van der Waals surface area contributed by atoms with Crippen molar-refractivity contribution in [2.45, 2.75) is 32.4 Å². The maximum atomic E-state index is 13.8. The second kappa shape index (κ2) is 7.75. The normalized spacial score (nSPS) is 20.3. The third kappa shape index (κ3) is 3.55. The highest BCUT2D eigenvalue weighted by molar-refractivity contribution is 5.99. The number of aromatic nitrogens is 1. The largest absolute Gasteiger partial charge is 0.503 e. The fourth-order valence-corrected chi connectivity index (χ4v) is 4.25. The zero-order chi connectivity index (χ0) is 22.4. The van der Waals surface area contributed by atoms with Crippen molar-refractivity contribution in [1.82, 2.24) is 14.8 Å². The second-order valence-electron chi connectivity index (χ2n) is 7.95. The molecule has 164 valence electrons. The quantitative estimate of drug-likeness (QED) is 0.774. The monoisotopic (exact) mass is 435 g/mol. The Morgan fingerprint density at radius 1 is 1.23 bits per heavy atom. The molecule has 31 heavy (non-hydrogen) atoms. The molecule has 1 saturated heterocycles. The van der Waals surface area contributed by atoms with Gasteiger partial charge in [0.1, 0.15) is 23.0 Å². The molecule has 1 aromatic heterocycles. The van der Waals surface area contributed by atoms with Crippen molar-refractivity contribution in [3.8, 4) is 5.75 Å². The minimum absolute atomic E-state index is 0.122. The highest BCUT2D eigenvalue weighted by Gasteiger charge is 2.38. The minimum atomic E-state index is -1.18. The highest BCUT2D eigenvalue weighted by Crippen LogP contribution is 2.35. The Kier molecular flexibility index (Phi) is 5.24. The number of amides is 2. The van der Waals surface area contributed by atoms with Crippen molar-refractivity contribution in [2.24, 2.45) is 5.92 Å². The lowest BCUT2D eigenvalue weighted by molar-refractivity contribution is 0.0662. The predicted molar refractivity (Wildman–Crippen MR) is 103 cm³/mol. The summed E-state index contributed by atoms with van der Waals surface area (Å²) in [6.07, 6.45) is 2.82. The maximum Gasteiger partial charge on any atom is 0.274 e. The smallest absolute Gasteiger partial charge is 0.274 e. The van der Waals surface area contributed by atoms with Gasteiger partial charge in [0.15, 0.2) is 11.4 Å². The second-order valence-corrected chi connectivity index (χ2v) is 7.95. The standard InChI is InChI=1S/C21H20F3N3O4/c1-10-3-2-4-26-9-16(10)27-8-13(18(28)19(29)17(27)21(26)31)20(30)25-7-12-14(23)5-11(22)6-15(12)24/h5-6,8,10,16,29H,2-4,7,9H2,1H3,(H,25,30). The Morgan fingerprint density at radius 3 is 2.58 bits per heavy atom. The van der Waals surface area contributed by atoms with E-state index >= 15 is 0 Å². The number of pyridine rings is 1. The molecule has 2 aromatic rings. The van der Waals surface area contributed by atoms with Crippen LogP contribution in [0, 0.1) is 23.4 Å². The summed E-state index contributed by atoms with van der Waals surface area (Å²) in [7, 11) is 0. The number of hydrogen-bond acceptors (Lipinski definition) is 4. The molecule has 1 aromatic carbocycles. The molecule has 0 saturated carbocycles. The summed E-state index contributed by atoms with van der Waals surface area (Å²) in [6.45, 7) is 2.26. The molecule has 0 radical (unpaired) electrons. The van der Waals surface area contributed by atoms with Crippen molar-refractivity contribution < 1.29 is 27.9 Å². The van der Waals surface area contributed by atoms with Gasteiger partial charge in [-0.05, 0) is 18.8 Å². The Balaban J connectivity index is 1.69. The van der Waals surface area contributed by atoms with Gasteiger partial charge in [-0.3, -0.25) is 14.4 Å². The van der Waals surface area contributed by atoms with E-state index < -0.39 is 58.1 Å². The van der Waals surface area contributed by atoms with E-state index in [0.29, 0.717) is 25.2 Å². The number of carbonyl (C=O) groups is 2. The Hall–Kier alpha value is -3.30. The van der Waals surface area contributed by atoms with Crippen LogP contribution in [0.3, 0.4) is 0 Å². The van der Waals surface area contributed by atoms with Gasteiger partial charge in [-0.25, -0.2) is 13.2 Å². The summed E-state index contributed by atoms with van der Waals surface area (Å²) in [5.41, 5.74) is -2.24. The Labute approximate surface area is 175 Å². The number of rotatable bonds is 3. The first kappa shape index (κ1) is 21.0. The zero-order valence-electron chi connectivity index (χ0n) is 16.6. The molecule has 1 fully saturated rings. The number of carbonyl (C=O) groups excluding carboxylic acids is 2. The number of nitrogens with one attached hydrogen (secondary N) is 1. The van der Waals surface area contributed by atoms with Crippen LogP contribution in [0.1, 0.15) is 52.2 Å². The maximum absolute atomic E-state index is 13.8. The molecular weight excluding hydrogens is 415 g/mol. The summed E-state index contributed by atoms with van der Waals surface area (Å²) in [6, 6.07) is 0.726. The average Bonchev–Trinajstić information content (AvgIpc) is 2.87. The molecule has 10 heteroatoms. The minimum Gasteiger partial charge on any atom is -0.503 e. The molecule has 3 heterocycles. The molecule has 2 atom stereocenters. The predicted octanol–water partition coefficient (Wildman–Crippen LogP) is 2.33. The number of nitrogens with zero attached hydrogens (tertiary/aromatic N) is 2. The van der Waals surface area contributed by atoms with Crippen molar-refractivity contribution in [2.75, 3.05) is 13.1 Å². The summed E-state index contributed by atoms with van der Waals surface area (Å²) in [4.78, 5) is 39.6. The van der Waals surface area contributed by atoms with Gasteiger partial charge in [0.05, 0.1) is 6.04 Å². The van der Waals surface area contributed by atoms with Crippen molar-refractivity contribution in [3.63, 3.8) is 0 Å². The van der Waals surface area contributed by atoms with Gasteiger partial charge >= 0.3 is 0 Å². The van der Waals surface area contributed by atoms with Crippen molar-refractivity contribution in [3.05, 3.63) is 62.8 Å². The van der Waals surface area contributed by atoms with Gasteiger partial charge in [-0.15, -0.1) is 0 Å². The zero-order valence-corrected chi connectivity index (χ0v) is 16.6. The van der Waals surface area contributed by atoms with E-state index in [4.69, 9.17) is 0 Å². The molecule has 2 aliphatic heterocycles. The van der Waals surface area contributed by atoms with Crippen LogP contribution in [0.4, 0.5) is 13.2 Å². The third-order valence-corrected chi connectivity index (χ3v) is 5.99. The van der Waals surface area contributed by atoms with Gasteiger partial charge < -0.3 is 19.9 Å². The molecule has 2 aliphatic rings. The van der Waals surface area contributed by atoms with Gasteiger partial charge in [-0.2, -0.15) is 0 Å². The lowest BCUT2D eigenvalue weighted by Gasteiger charge is -2.36. The lowest BCUT2D eigenvalue weighted by atomic mass is 9.95. The number of fused-ring (bicyclic) bond motifs is 4.